The lowest BCUT2D eigenvalue weighted by atomic mass is 9.55. The van der Waals surface area contributed by atoms with Gasteiger partial charge >= 0.3 is 0 Å². The van der Waals surface area contributed by atoms with E-state index in [9.17, 15) is 10.2 Å². The third-order valence-corrected chi connectivity index (χ3v) is 13.3. The first-order chi connectivity index (χ1) is 31.9. The van der Waals surface area contributed by atoms with Gasteiger partial charge in [0.1, 0.15) is 30.8 Å². The summed E-state index contributed by atoms with van der Waals surface area (Å²) in [5, 5.41) is 27.1. The van der Waals surface area contributed by atoms with Crippen LogP contribution in [0, 0.1) is 24.7 Å². The largest absolute Gasteiger partial charge is 0.487 e. The van der Waals surface area contributed by atoms with Crippen LogP contribution >= 0.6 is 0 Å². The molecule has 0 bridgehead atoms. The van der Waals surface area contributed by atoms with Crippen molar-refractivity contribution in [2.75, 3.05) is 26.4 Å². The predicted molar refractivity (Wildman–Crippen MR) is 255 cm³/mol. The molecule has 1 saturated carbocycles. The number of nitrogens with zero attached hydrogens (tertiary/aromatic N) is 3. The molecule has 2 heterocycles. The molecule has 4 aromatic carbocycles. The molecule has 1 fully saturated rings. The molecule has 65 heavy (non-hydrogen) atoms. The number of ether oxygens (including phenoxy) is 3. The minimum Gasteiger partial charge on any atom is -0.487 e. The van der Waals surface area contributed by atoms with Crippen LogP contribution in [-0.2, 0) is 22.8 Å². The number of carbonyl (C=O) groups is 1. The van der Waals surface area contributed by atoms with Crippen LogP contribution in [0.4, 0.5) is 0 Å². The third kappa shape index (κ3) is 10.1. The second-order valence-electron chi connectivity index (χ2n) is 17.7. The van der Waals surface area contributed by atoms with Gasteiger partial charge < -0.3 is 34.2 Å². The zero-order valence-electron chi connectivity index (χ0n) is 37.8. The Balaban J connectivity index is 1.31. The number of benzene rings is 4. The molecule has 0 radical (unpaired) electrons. The molecule has 0 unspecified atom stereocenters. The molecule has 10 heteroatoms. The highest BCUT2D eigenvalue weighted by Gasteiger charge is 2.65. The number of fused-ring (bicyclic) bond motifs is 3. The fraction of sp³-hybridized carbons (Fsp3) is 0.400. The van der Waals surface area contributed by atoms with Crippen molar-refractivity contribution in [2.45, 2.75) is 96.2 Å². The summed E-state index contributed by atoms with van der Waals surface area (Å²) < 4.78 is 21.2. The number of aliphatic hydroxyl groups excluding tert-OH is 2. The number of rotatable bonds is 21. The maximum Gasteiger partial charge on any atom is 0.254 e. The normalized spacial score (nSPS) is 22.6. The van der Waals surface area contributed by atoms with Gasteiger partial charge in [-0.15, -0.1) is 6.58 Å². The van der Waals surface area contributed by atoms with Crippen molar-refractivity contribution in [3.05, 3.63) is 162 Å². The van der Waals surface area contributed by atoms with Gasteiger partial charge in [-0.3, -0.25) is 9.78 Å². The molecule has 0 spiro atoms. The number of allylic oxidation sites excluding steroid dienone is 1. The molecule has 1 aromatic heterocycles. The Kier molecular flexibility index (Phi) is 15.1. The van der Waals surface area contributed by atoms with Crippen molar-refractivity contribution in [3.63, 3.8) is 0 Å². The Morgan fingerprint density at radius 3 is 2.46 bits per heavy atom. The molecule has 2 aliphatic carbocycles. The first-order valence-corrected chi connectivity index (χ1v) is 23.5. The number of oxime groups is 1. The van der Waals surface area contributed by atoms with Gasteiger partial charge in [0, 0.05) is 48.9 Å². The monoisotopic (exact) mass is 877 g/mol. The van der Waals surface area contributed by atoms with Crippen molar-refractivity contribution in [1.82, 2.24) is 9.88 Å². The van der Waals surface area contributed by atoms with Gasteiger partial charge in [-0.1, -0.05) is 104 Å². The highest BCUT2D eigenvalue weighted by Crippen LogP contribution is 2.62. The molecule has 340 valence electrons. The van der Waals surface area contributed by atoms with E-state index in [1.165, 1.54) is 0 Å². The molecule has 5 aromatic rings. The van der Waals surface area contributed by atoms with Crippen LogP contribution in [0.3, 0.4) is 0 Å². The minimum atomic E-state index is -1.36. The zero-order valence-corrected chi connectivity index (χ0v) is 37.8. The predicted octanol–water partition coefficient (Wildman–Crippen LogP) is 10.5. The molecule has 0 saturated heterocycles. The van der Waals surface area contributed by atoms with Gasteiger partial charge in [0.15, 0.2) is 0 Å². The third-order valence-electron chi connectivity index (χ3n) is 13.3. The number of aryl methyl sites for hydroxylation is 1. The second kappa shape index (κ2) is 21.5. The van der Waals surface area contributed by atoms with E-state index in [-0.39, 0.29) is 50.1 Å². The van der Waals surface area contributed by atoms with Crippen LogP contribution in [0.15, 0.2) is 139 Å². The summed E-state index contributed by atoms with van der Waals surface area (Å²) in [5.74, 6) is -0.528. The molecule has 6 atom stereocenters. The number of pyridine rings is 1. The van der Waals surface area contributed by atoms with Crippen molar-refractivity contribution < 1.29 is 34.1 Å². The van der Waals surface area contributed by atoms with E-state index in [1.807, 2.05) is 109 Å². The number of hydrogen-bond acceptors (Lipinski definition) is 9. The summed E-state index contributed by atoms with van der Waals surface area (Å²) in [6.45, 7) is 9.60. The molecule has 3 aliphatic rings. The van der Waals surface area contributed by atoms with Crippen LogP contribution in [0.2, 0.25) is 0 Å². The first kappa shape index (κ1) is 45.7. The first-order valence-electron chi connectivity index (χ1n) is 23.5. The van der Waals surface area contributed by atoms with Crippen molar-refractivity contribution >= 4 is 22.4 Å². The molecule has 1 amide bonds. The van der Waals surface area contributed by atoms with Crippen molar-refractivity contribution in [3.8, 4) is 11.5 Å². The number of aliphatic hydroxyl groups is 2. The van der Waals surface area contributed by atoms with Crippen LogP contribution in [0.25, 0.3) is 10.8 Å². The Labute approximate surface area is 383 Å². The highest BCUT2D eigenvalue weighted by atomic mass is 16.7. The number of aromatic nitrogens is 1. The fourth-order valence-electron chi connectivity index (χ4n) is 10.5. The van der Waals surface area contributed by atoms with E-state index in [0.717, 1.165) is 70.3 Å². The Morgan fingerprint density at radius 2 is 1.69 bits per heavy atom. The van der Waals surface area contributed by atoms with E-state index in [4.69, 9.17) is 24.2 Å². The molecular weight excluding hydrogens is 815 g/mol. The van der Waals surface area contributed by atoms with Crippen LogP contribution < -0.4 is 9.47 Å². The van der Waals surface area contributed by atoms with E-state index in [2.05, 4.69) is 36.7 Å². The number of hydrogen-bond donors (Lipinski definition) is 2. The van der Waals surface area contributed by atoms with Crippen LogP contribution in [0.1, 0.15) is 97.1 Å². The highest BCUT2D eigenvalue weighted by molar-refractivity contribution is 6.04. The zero-order chi connectivity index (χ0) is 45.2. The maximum absolute atomic E-state index is 15.3. The van der Waals surface area contributed by atoms with Gasteiger partial charge in [-0.05, 0) is 115 Å². The molecule has 10 nitrogen and oxygen atoms in total. The summed E-state index contributed by atoms with van der Waals surface area (Å²) >= 11 is 0. The van der Waals surface area contributed by atoms with E-state index in [0.29, 0.717) is 55.9 Å². The summed E-state index contributed by atoms with van der Waals surface area (Å²) in [7, 11) is 0. The lowest BCUT2D eigenvalue weighted by molar-refractivity contribution is -0.254. The number of carbonyl (C=O) groups excluding carboxylic acids is 1. The Morgan fingerprint density at radius 1 is 0.908 bits per heavy atom. The van der Waals surface area contributed by atoms with Crippen molar-refractivity contribution in [1.29, 1.82) is 0 Å². The summed E-state index contributed by atoms with van der Waals surface area (Å²) in [4.78, 5) is 28.2. The van der Waals surface area contributed by atoms with Gasteiger partial charge in [0.25, 0.3) is 5.91 Å². The van der Waals surface area contributed by atoms with Gasteiger partial charge in [-0.25, -0.2) is 0 Å². The average molecular weight is 878 g/mol. The summed E-state index contributed by atoms with van der Waals surface area (Å²) in [6, 6.07) is 35.4. The standard InChI is InChI=1S/C55H63N3O7/c1-4-28-58(54(61)43-25-24-40-19-9-10-20-41(40)32-43)51-35-49(57-64-36-39-17-7-6-8-18-39)47-33-42(21-11-13-29-59)46(23-12-14-30-60)52-48-34-45(62-37-44-22-15-16-38(3)56-44)26-27-50(48)65-55(51,53(47)52)63-31-5-2/h5-10,15-20,22,24-27,32-34,42,46,51-53,59-60H,2,4,11-14,21,23,28-31,35-37H2,1,3H3/t42-,46+,51-,52+,53+,55+/m0/s1. The van der Waals surface area contributed by atoms with Crippen LogP contribution in [-0.4, -0.2) is 69.9 Å². The van der Waals surface area contributed by atoms with E-state index in [1.54, 1.807) is 6.08 Å². The molecule has 8 rings (SSSR count). The molecular formula is C55H63N3O7. The quantitative estimate of drug-likeness (QED) is 0.0424. The fourth-order valence-corrected chi connectivity index (χ4v) is 10.5. The maximum atomic E-state index is 15.3. The summed E-state index contributed by atoms with van der Waals surface area (Å²) in [6.07, 6.45) is 9.87. The lowest BCUT2D eigenvalue weighted by Crippen LogP contribution is -2.70. The summed E-state index contributed by atoms with van der Waals surface area (Å²) in [5.41, 5.74) is 6.10. The van der Waals surface area contributed by atoms with Gasteiger partial charge in [0.05, 0.1) is 23.9 Å². The van der Waals surface area contributed by atoms with Gasteiger partial charge in [-0.2, -0.15) is 0 Å². The number of unbranched alkanes of at least 4 members (excludes halogenated alkanes) is 2. The van der Waals surface area contributed by atoms with E-state index >= 15 is 4.79 Å². The van der Waals surface area contributed by atoms with Crippen LogP contribution in [0.5, 0.6) is 11.5 Å². The Hall–Kier alpha value is -5.81. The average Bonchev–Trinajstić information content (AvgIpc) is 3.33. The SMILES string of the molecule is C=CCO[C@@]12Oc3ccc(OCc4cccc(C)n4)cc3[C@H]3[C@H](CCCCO)[C@@H](CCCCO)C=C(C(=NOCc4ccccc4)C[C@@H]1N(CCC)C(=O)c1ccc4ccccc4c1)[C@H]32. The minimum absolute atomic E-state index is 0.0816. The second-order valence-corrected chi connectivity index (χ2v) is 17.7. The topological polar surface area (TPSA) is 123 Å². The lowest BCUT2D eigenvalue weighted by Gasteiger charge is -2.60. The van der Waals surface area contributed by atoms with Crippen molar-refractivity contribution in [2.24, 2.45) is 22.9 Å². The Bertz CT molecular complexity index is 2470. The smallest absolute Gasteiger partial charge is 0.254 e. The van der Waals surface area contributed by atoms with E-state index < -0.39 is 17.7 Å². The number of amides is 1. The molecule has 2 N–H and O–H groups in total. The molecule has 1 aliphatic heterocycles. The van der Waals surface area contributed by atoms with Gasteiger partial charge in [0.2, 0.25) is 5.79 Å².